The SMILES string of the molecule is Fc1ccc([CH]CBr)cc1Cl. The minimum atomic E-state index is -0.376. The molecule has 0 nitrogen and oxygen atoms in total. The maximum Gasteiger partial charge on any atom is 0.141 e. The van der Waals surface area contributed by atoms with Gasteiger partial charge in [-0.1, -0.05) is 33.6 Å². The standard InChI is InChI=1S/C8H6BrClF/c9-4-3-6-1-2-8(11)7(10)5-6/h1-3,5H,4H2. The van der Waals surface area contributed by atoms with Crippen molar-refractivity contribution in [1.82, 2.24) is 0 Å². The molecule has 1 rings (SSSR count). The van der Waals surface area contributed by atoms with E-state index < -0.39 is 0 Å². The van der Waals surface area contributed by atoms with Crippen molar-refractivity contribution in [3.63, 3.8) is 0 Å². The minimum absolute atomic E-state index is 0.166. The van der Waals surface area contributed by atoms with Crippen LogP contribution in [0.2, 0.25) is 5.02 Å². The molecule has 0 atom stereocenters. The Morgan fingerprint density at radius 3 is 2.82 bits per heavy atom. The molecule has 0 heterocycles. The van der Waals surface area contributed by atoms with Gasteiger partial charge < -0.3 is 0 Å². The number of hydrogen-bond acceptors (Lipinski definition) is 0. The molecule has 0 N–H and O–H groups in total. The molecule has 0 aliphatic carbocycles. The minimum Gasteiger partial charge on any atom is -0.205 e. The second kappa shape index (κ2) is 4.07. The van der Waals surface area contributed by atoms with Crippen molar-refractivity contribution in [2.24, 2.45) is 0 Å². The van der Waals surface area contributed by atoms with Gasteiger partial charge in [-0.3, -0.25) is 0 Å². The molecule has 0 saturated carbocycles. The van der Waals surface area contributed by atoms with Gasteiger partial charge in [0.1, 0.15) is 5.82 Å². The molecule has 1 radical (unpaired) electrons. The van der Waals surface area contributed by atoms with Gasteiger partial charge >= 0.3 is 0 Å². The van der Waals surface area contributed by atoms with Gasteiger partial charge in [-0.05, 0) is 17.7 Å². The number of halogens is 3. The smallest absolute Gasteiger partial charge is 0.141 e. The van der Waals surface area contributed by atoms with E-state index in [-0.39, 0.29) is 10.8 Å². The highest BCUT2D eigenvalue weighted by Crippen LogP contribution is 2.17. The van der Waals surface area contributed by atoms with E-state index in [1.807, 2.05) is 6.42 Å². The molecular weight excluding hydrogens is 230 g/mol. The molecule has 0 aromatic heterocycles. The lowest BCUT2D eigenvalue weighted by atomic mass is 10.2. The first-order valence-corrected chi connectivity index (χ1v) is 4.58. The largest absolute Gasteiger partial charge is 0.205 e. The molecule has 59 valence electrons. The molecule has 1 aromatic carbocycles. The van der Waals surface area contributed by atoms with E-state index in [0.29, 0.717) is 0 Å². The van der Waals surface area contributed by atoms with Gasteiger partial charge in [0, 0.05) is 11.8 Å². The maximum atomic E-state index is 12.6. The Balaban J connectivity index is 2.86. The molecule has 3 heteroatoms. The summed E-state index contributed by atoms with van der Waals surface area (Å²) in [5, 5.41) is 0.911. The molecule has 0 saturated heterocycles. The van der Waals surface area contributed by atoms with E-state index in [1.54, 1.807) is 12.1 Å². The molecule has 0 fully saturated rings. The lowest BCUT2D eigenvalue weighted by molar-refractivity contribution is 0.628. The van der Waals surface area contributed by atoms with Crippen molar-refractivity contribution < 1.29 is 4.39 Å². The number of alkyl halides is 1. The van der Waals surface area contributed by atoms with Gasteiger partial charge in [0.2, 0.25) is 0 Å². The summed E-state index contributed by atoms with van der Waals surface area (Å²) >= 11 is 8.78. The lowest BCUT2D eigenvalue weighted by Gasteiger charge is -1.98. The monoisotopic (exact) mass is 235 g/mol. The summed E-state index contributed by atoms with van der Waals surface area (Å²) in [5.41, 5.74) is 0.924. The molecule has 0 amide bonds. The summed E-state index contributed by atoms with van der Waals surface area (Å²) in [4.78, 5) is 0. The highest BCUT2D eigenvalue weighted by Gasteiger charge is 1.99. The number of hydrogen-bond donors (Lipinski definition) is 0. The molecule has 0 aliphatic heterocycles. The average molecular weight is 236 g/mol. The summed E-state index contributed by atoms with van der Waals surface area (Å²) in [5.74, 6) is -0.376. The molecule has 0 unspecified atom stereocenters. The molecule has 0 spiro atoms. The van der Waals surface area contributed by atoms with Crippen LogP contribution in [0.3, 0.4) is 0 Å². The Bertz CT molecular complexity index is 250. The Labute approximate surface area is 78.5 Å². The predicted molar refractivity (Wildman–Crippen MR) is 48.6 cm³/mol. The third-order valence-electron chi connectivity index (χ3n) is 1.26. The summed E-state index contributed by atoms with van der Waals surface area (Å²) in [6.45, 7) is 0. The van der Waals surface area contributed by atoms with Crippen molar-refractivity contribution in [3.8, 4) is 0 Å². The highest BCUT2D eigenvalue weighted by molar-refractivity contribution is 9.09. The summed E-state index contributed by atoms with van der Waals surface area (Å²) < 4.78 is 12.6. The molecular formula is C8H6BrClF. The second-order valence-electron chi connectivity index (χ2n) is 2.03. The summed E-state index contributed by atoms with van der Waals surface area (Å²) in [6, 6.07) is 4.64. The zero-order valence-electron chi connectivity index (χ0n) is 5.65. The van der Waals surface area contributed by atoms with Gasteiger partial charge in [0.15, 0.2) is 0 Å². The Morgan fingerprint density at radius 2 is 2.27 bits per heavy atom. The second-order valence-corrected chi connectivity index (χ2v) is 3.09. The van der Waals surface area contributed by atoms with Gasteiger partial charge in [-0.25, -0.2) is 4.39 Å². The van der Waals surface area contributed by atoms with Crippen LogP contribution in [0, 0.1) is 12.2 Å². The molecule has 0 aliphatic rings. The van der Waals surface area contributed by atoms with Crippen molar-refractivity contribution in [3.05, 3.63) is 41.0 Å². The lowest BCUT2D eigenvalue weighted by Crippen LogP contribution is -1.84. The first-order chi connectivity index (χ1) is 5.24. The van der Waals surface area contributed by atoms with E-state index in [9.17, 15) is 4.39 Å². The van der Waals surface area contributed by atoms with Crippen molar-refractivity contribution in [1.29, 1.82) is 0 Å². The fourth-order valence-electron chi connectivity index (χ4n) is 0.728. The van der Waals surface area contributed by atoms with Crippen LogP contribution in [0.1, 0.15) is 5.56 Å². The Morgan fingerprint density at radius 1 is 1.55 bits per heavy atom. The van der Waals surface area contributed by atoms with Crippen LogP contribution in [0.4, 0.5) is 4.39 Å². The van der Waals surface area contributed by atoms with Crippen LogP contribution >= 0.6 is 27.5 Å². The third-order valence-corrected chi connectivity index (χ3v) is 1.87. The molecule has 11 heavy (non-hydrogen) atoms. The fourth-order valence-corrected chi connectivity index (χ4v) is 1.29. The first kappa shape index (κ1) is 9.01. The van der Waals surface area contributed by atoms with E-state index in [0.717, 1.165) is 10.9 Å². The zero-order chi connectivity index (χ0) is 8.27. The topological polar surface area (TPSA) is 0 Å². The van der Waals surface area contributed by atoms with Gasteiger partial charge in [-0.15, -0.1) is 0 Å². The highest BCUT2D eigenvalue weighted by atomic mass is 79.9. The van der Waals surface area contributed by atoms with Crippen molar-refractivity contribution >= 4 is 27.5 Å². The third kappa shape index (κ3) is 2.46. The van der Waals surface area contributed by atoms with Crippen LogP contribution < -0.4 is 0 Å². The van der Waals surface area contributed by atoms with Gasteiger partial charge in [0.05, 0.1) is 5.02 Å². The van der Waals surface area contributed by atoms with Crippen LogP contribution in [0.25, 0.3) is 0 Å². The van der Waals surface area contributed by atoms with E-state index in [4.69, 9.17) is 11.6 Å². The van der Waals surface area contributed by atoms with E-state index >= 15 is 0 Å². The Hall–Kier alpha value is -0.0800. The average Bonchev–Trinajstić information content (AvgIpc) is 1.98. The van der Waals surface area contributed by atoms with E-state index in [1.165, 1.54) is 6.07 Å². The molecule has 0 bridgehead atoms. The zero-order valence-corrected chi connectivity index (χ0v) is 7.99. The summed E-state index contributed by atoms with van der Waals surface area (Å²) in [6.07, 6.45) is 1.91. The van der Waals surface area contributed by atoms with Gasteiger partial charge in [-0.2, -0.15) is 0 Å². The van der Waals surface area contributed by atoms with Gasteiger partial charge in [0.25, 0.3) is 0 Å². The van der Waals surface area contributed by atoms with Crippen LogP contribution in [0.15, 0.2) is 18.2 Å². The predicted octanol–water partition coefficient (Wildman–Crippen LogP) is 3.43. The quantitative estimate of drug-likeness (QED) is 0.690. The normalized spacial score (nSPS) is 10.1. The number of benzene rings is 1. The Kier molecular flexibility index (Phi) is 3.34. The van der Waals surface area contributed by atoms with Crippen molar-refractivity contribution in [2.75, 3.05) is 5.33 Å². The van der Waals surface area contributed by atoms with E-state index in [2.05, 4.69) is 15.9 Å². The fraction of sp³-hybridized carbons (Fsp3) is 0.125. The maximum absolute atomic E-state index is 12.6. The molecule has 1 aromatic rings. The first-order valence-electron chi connectivity index (χ1n) is 3.08. The van der Waals surface area contributed by atoms with Crippen LogP contribution in [0.5, 0.6) is 0 Å². The van der Waals surface area contributed by atoms with Crippen LogP contribution in [-0.4, -0.2) is 5.33 Å². The van der Waals surface area contributed by atoms with Crippen molar-refractivity contribution in [2.45, 2.75) is 0 Å². The van der Waals surface area contributed by atoms with Crippen LogP contribution in [-0.2, 0) is 0 Å². The number of rotatable bonds is 2. The summed E-state index contributed by atoms with van der Waals surface area (Å²) in [7, 11) is 0.